The van der Waals surface area contributed by atoms with E-state index in [1.165, 1.54) is 28.3 Å². The average molecular weight is 465 g/mol. The van der Waals surface area contributed by atoms with Crippen molar-refractivity contribution in [3.05, 3.63) is 61.9 Å². The molecule has 27 heavy (non-hydrogen) atoms. The largest absolute Gasteiger partial charge is 0.315 e. The SMILES string of the molecule is O=C(Cn1c(=O)ccc2cccc(Cl)c21)Nc1scc(Br)c1-c1ncn[nH]1. The summed E-state index contributed by atoms with van der Waals surface area (Å²) in [6, 6.07) is 8.44. The second-order valence-electron chi connectivity index (χ2n) is 5.61. The van der Waals surface area contributed by atoms with Crippen LogP contribution in [0.15, 0.2) is 51.3 Å². The number of nitrogens with one attached hydrogen (secondary N) is 2. The Morgan fingerprint density at radius 3 is 2.96 bits per heavy atom. The number of aromatic nitrogens is 4. The number of H-pyrrole nitrogens is 1. The van der Waals surface area contributed by atoms with Crippen LogP contribution < -0.4 is 10.9 Å². The summed E-state index contributed by atoms with van der Waals surface area (Å²) in [5, 5.41) is 13.1. The molecule has 3 heterocycles. The maximum absolute atomic E-state index is 12.7. The Morgan fingerprint density at radius 1 is 1.33 bits per heavy atom. The zero-order valence-corrected chi connectivity index (χ0v) is 16.7. The second kappa shape index (κ2) is 7.26. The Labute approximate surface area is 170 Å². The minimum atomic E-state index is -0.348. The van der Waals surface area contributed by atoms with Gasteiger partial charge in [-0.2, -0.15) is 5.10 Å². The fraction of sp³-hybridized carbons (Fsp3) is 0.0588. The number of fused-ring (bicyclic) bond motifs is 1. The van der Waals surface area contributed by atoms with Crippen molar-refractivity contribution in [2.45, 2.75) is 6.54 Å². The van der Waals surface area contributed by atoms with Gasteiger partial charge in [0, 0.05) is 15.9 Å². The number of halogens is 2. The molecule has 0 bridgehead atoms. The van der Waals surface area contributed by atoms with Gasteiger partial charge >= 0.3 is 0 Å². The van der Waals surface area contributed by atoms with Gasteiger partial charge in [0.25, 0.3) is 5.56 Å². The van der Waals surface area contributed by atoms with Crippen molar-refractivity contribution < 1.29 is 4.79 Å². The van der Waals surface area contributed by atoms with Crippen LogP contribution in [0.1, 0.15) is 0 Å². The van der Waals surface area contributed by atoms with E-state index in [2.05, 4.69) is 36.4 Å². The van der Waals surface area contributed by atoms with Gasteiger partial charge in [0.15, 0.2) is 5.82 Å². The summed E-state index contributed by atoms with van der Waals surface area (Å²) < 4.78 is 2.15. The van der Waals surface area contributed by atoms with Crippen molar-refractivity contribution in [1.82, 2.24) is 19.7 Å². The van der Waals surface area contributed by atoms with Crippen LogP contribution in [0.5, 0.6) is 0 Å². The molecule has 4 rings (SSSR count). The lowest BCUT2D eigenvalue weighted by molar-refractivity contribution is -0.116. The van der Waals surface area contributed by atoms with Gasteiger partial charge in [-0.3, -0.25) is 19.3 Å². The quantitative estimate of drug-likeness (QED) is 0.479. The van der Waals surface area contributed by atoms with Gasteiger partial charge in [0.05, 0.1) is 16.1 Å². The summed E-state index contributed by atoms with van der Waals surface area (Å²) in [6.45, 7) is -0.161. The lowest BCUT2D eigenvalue weighted by Crippen LogP contribution is -2.27. The lowest BCUT2D eigenvalue weighted by atomic mass is 10.2. The highest BCUT2D eigenvalue weighted by molar-refractivity contribution is 9.10. The van der Waals surface area contributed by atoms with Crippen LogP contribution in [0.3, 0.4) is 0 Å². The Hall–Kier alpha value is -2.49. The van der Waals surface area contributed by atoms with E-state index in [0.29, 0.717) is 26.9 Å². The number of carbonyl (C=O) groups is 1. The van der Waals surface area contributed by atoms with Gasteiger partial charge in [-0.05, 0) is 33.4 Å². The van der Waals surface area contributed by atoms with Crippen molar-refractivity contribution in [3.63, 3.8) is 0 Å². The third-order valence-electron chi connectivity index (χ3n) is 3.91. The number of benzene rings is 1. The van der Waals surface area contributed by atoms with E-state index in [9.17, 15) is 9.59 Å². The number of aromatic amines is 1. The molecule has 10 heteroatoms. The number of amides is 1. The third-order valence-corrected chi connectivity index (χ3v) is 6.04. The van der Waals surface area contributed by atoms with E-state index in [0.717, 1.165) is 9.86 Å². The molecule has 136 valence electrons. The fourth-order valence-electron chi connectivity index (χ4n) is 2.75. The van der Waals surface area contributed by atoms with Gasteiger partial charge in [0.2, 0.25) is 5.91 Å². The summed E-state index contributed by atoms with van der Waals surface area (Å²) in [6.07, 6.45) is 1.39. The number of anilines is 1. The van der Waals surface area contributed by atoms with Crippen molar-refractivity contribution in [2.24, 2.45) is 0 Å². The number of hydrogen-bond donors (Lipinski definition) is 2. The molecule has 0 aliphatic rings. The molecule has 0 spiro atoms. The molecule has 0 fully saturated rings. The van der Waals surface area contributed by atoms with Crippen molar-refractivity contribution in [2.75, 3.05) is 5.32 Å². The first-order valence-corrected chi connectivity index (χ1v) is 9.80. The molecule has 2 N–H and O–H groups in total. The zero-order chi connectivity index (χ0) is 19.0. The number of hydrogen-bond acceptors (Lipinski definition) is 5. The van der Waals surface area contributed by atoms with Crippen LogP contribution in [0.2, 0.25) is 5.02 Å². The molecule has 3 aromatic heterocycles. The van der Waals surface area contributed by atoms with E-state index in [4.69, 9.17) is 11.6 Å². The van der Waals surface area contributed by atoms with Gasteiger partial charge in [-0.15, -0.1) is 11.3 Å². The average Bonchev–Trinajstić information content (AvgIpc) is 3.27. The Kier molecular flexibility index (Phi) is 4.81. The highest BCUT2D eigenvalue weighted by Gasteiger charge is 2.18. The smallest absolute Gasteiger partial charge is 0.251 e. The molecule has 7 nitrogen and oxygen atoms in total. The summed E-state index contributed by atoms with van der Waals surface area (Å²) in [4.78, 5) is 29.1. The number of para-hydroxylation sites is 1. The lowest BCUT2D eigenvalue weighted by Gasteiger charge is -2.11. The number of nitrogens with zero attached hydrogens (tertiary/aromatic N) is 3. The Morgan fingerprint density at radius 2 is 2.19 bits per heavy atom. The van der Waals surface area contributed by atoms with Crippen LogP contribution in [0, 0.1) is 0 Å². The first-order valence-electron chi connectivity index (χ1n) is 7.75. The van der Waals surface area contributed by atoms with E-state index < -0.39 is 0 Å². The Bertz CT molecular complexity index is 1200. The molecule has 0 atom stereocenters. The summed E-state index contributed by atoms with van der Waals surface area (Å²) >= 11 is 11.1. The normalized spacial score (nSPS) is 11.0. The van der Waals surface area contributed by atoms with Gasteiger partial charge in [-0.25, -0.2) is 4.98 Å². The minimum absolute atomic E-state index is 0.161. The van der Waals surface area contributed by atoms with E-state index in [-0.39, 0.29) is 18.0 Å². The van der Waals surface area contributed by atoms with Crippen LogP contribution >= 0.6 is 38.9 Å². The fourth-order valence-corrected chi connectivity index (χ4v) is 4.67. The van der Waals surface area contributed by atoms with Crippen LogP contribution in [0.4, 0.5) is 5.00 Å². The third kappa shape index (κ3) is 3.41. The number of rotatable bonds is 4. The summed E-state index contributed by atoms with van der Waals surface area (Å²) in [7, 11) is 0. The predicted molar refractivity (Wildman–Crippen MR) is 109 cm³/mol. The molecule has 0 radical (unpaired) electrons. The zero-order valence-electron chi connectivity index (χ0n) is 13.6. The minimum Gasteiger partial charge on any atom is -0.315 e. The number of thiophene rings is 1. The first kappa shape index (κ1) is 17.9. The van der Waals surface area contributed by atoms with Crippen LogP contribution in [-0.4, -0.2) is 25.7 Å². The first-order chi connectivity index (χ1) is 13.0. The molecule has 0 unspecified atom stereocenters. The van der Waals surface area contributed by atoms with E-state index in [1.807, 2.05) is 11.4 Å². The molecule has 0 saturated carbocycles. The molecule has 4 aromatic rings. The molecular weight excluding hydrogens is 454 g/mol. The van der Waals surface area contributed by atoms with E-state index >= 15 is 0 Å². The Balaban J connectivity index is 1.67. The topological polar surface area (TPSA) is 92.7 Å². The number of pyridine rings is 1. The van der Waals surface area contributed by atoms with Crippen molar-refractivity contribution in [3.8, 4) is 11.4 Å². The van der Waals surface area contributed by atoms with Gasteiger partial charge < -0.3 is 5.32 Å². The number of carbonyl (C=O) groups excluding carboxylic acids is 1. The predicted octanol–water partition coefficient (Wildman–Crippen LogP) is 3.90. The maximum atomic E-state index is 12.7. The molecular formula is C17H11BrClN5O2S. The second-order valence-corrected chi connectivity index (χ2v) is 7.75. The summed E-state index contributed by atoms with van der Waals surface area (Å²) in [5.74, 6) is 0.184. The van der Waals surface area contributed by atoms with Gasteiger partial charge in [0.1, 0.15) is 17.9 Å². The van der Waals surface area contributed by atoms with E-state index in [1.54, 1.807) is 18.2 Å². The highest BCUT2D eigenvalue weighted by atomic mass is 79.9. The maximum Gasteiger partial charge on any atom is 0.251 e. The van der Waals surface area contributed by atoms with Crippen LogP contribution in [-0.2, 0) is 11.3 Å². The van der Waals surface area contributed by atoms with Crippen molar-refractivity contribution in [1.29, 1.82) is 0 Å². The van der Waals surface area contributed by atoms with Gasteiger partial charge in [-0.1, -0.05) is 23.7 Å². The molecule has 1 aromatic carbocycles. The van der Waals surface area contributed by atoms with Crippen LogP contribution in [0.25, 0.3) is 22.3 Å². The highest BCUT2D eigenvalue weighted by Crippen LogP contribution is 2.38. The molecule has 0 saturated heterocycles. The molecule has 1 amide bonds. The standard InChI is InChI=1S/C17H11BrClN5O2S/c18-10-7-27-17(14(10)16-20-8-21-23-16)22-12(25)6-24-13(26)5-4-9-2-1-3-11(19)15(9)24/h1-5,7-8H,6H2,(H,22,25)(H,20,21,23). The summed E-state index contributed by atoms with van der Waals surface area (Å²) in [5.41, 5.74) is 0.937. The molecule has 0 aliphatic heterocycles. The monoisotopic (exact) mass is 463 g/mol. The molecule has 0 aliphatic carbocycles. The van der Waals surface area contributed by atoms with Crippen molar-refractivity contribution >= 4 is 60.7 Å².